The van der Waals surface area contributed by atoms with Gasteiger partial charge in [-0.2, -0.15) is 0 Å². The lowest BCUT2D eigenvalue weighted by atomic mass is 10.1. The van der Waals surface area contributed by atoms with Crippen molar-refractivity contribution >= 4 is 21.6 Å². The van der Waals surface area contributed by atoms with Gasteiger partial charge in [-0.25, -0.2) is 13.2 Å². The fourth-order valence-corrected chi connectivity index (χ4v) is 4.62. The molecule has 0 bridgehead atoms. The zero-order chi connectivity index (χ0) is 17.0. The van der Waals surface area contributed by atoms with Gasteiger partial charge >= 0.3 is 6.03 Å². The summed E-state index contributed by atoms with van der Waals surface area (Å²) in [5.74, 6) is 0.170. The summed E-state index contributed by atoms with van der Waals surface area (Å²) in [6.07, 6.45) is 0.484. The molecule has 0 aromatic heterocycles. The first kappa shape index (κ1) is 16.5. The summed E-state index contributed by atoms with van der Waals surface area (Å²) in [5.41, 5.74) is 1.67. The van der Waals surface area contributed by atoms with Crippen LogP contribution < -0.4 is 5.32 Å². The van der Waals surface area contributed by atoms with Crippen molar-refractivity contribution in [1.29, 1.82) is 0 Å². The Kier molecular flexibility index (Phi) is 4.85. The van der Waals surface area contributed by atoms with Gasteiger partial charge in [0.25, 0.3) is 0 Å². The van der Waals surface area contributed by atoms with Crippen LogP contribution in [0, 0.1) is 0 Å². The van der Waals surface area contributed by atoms with Gasteiger partial charge in [-0.15, -0.1) is 0 Å². The molecule has 1 unspecified atom stereocenters. The number of benzene rings is 2. The minimum atomic E-state index is -3.06. The van der Waals surface area contributed by atoms with Crippen molar-refractivity contribution in [2.75, 3.05) is 16.8 Å². The first-order valence-corrected chi connectivity index (χ1v) is 9.73. The molecule has 0 aliphatic carbocycles. The molecule has 5 nitrogen and oxygen atoms in total. The van der Waals surface area contributed by atoms with Crippen molar-refractivity contribution in [3.05, 3.63) is 66.2 Å². The number of urea groups is 1. The number of carbonyl (C=O) groups is 1. The van der Waals surface area contributed by atoms with Crippen LogP contribution in [0.25, 0.3) is 0 Å². The van der Waals surface area contributed by atoms with E-state index < -0.39 is 9.84 Å². The highest BCUT2D eigenvalue weighted by Crippen LogP contribution is 2.21. The molecule has 24 heavy (non-hydrogen) atoms. The number of amides is 2. The first-order valence-electron chi connectivity index (χ1n) is 7.90. The smallest absolute Gasteiger partial charge is 0.316 e. The number of carbonyl (C=O) groups excluding carboxylic acids is 1. The van der Waals surface area contributed by atoms with Crippen molar-refractivity contribution in [1.82, 2.24) is 4.90 Å². The summed E-state index contributed by atoms with van der Waals surface area (Å²) in [6, 6.07) is 18.2. The predicted molar refractivity (Wildman–Crippen MR) is 94.5 cm³/mol. The van der Waals surface area contributed by atoms with E-state index in [-0.39, 0.29) is 23.6 Å². The third kappa shape index (κ3) is 4.14. The normalized spacial score (nSPS) is 18.9. The van der Waals surface area contributed by atoms with Gasteiger partial charge in [0.2, 0.25) is 0 Å². The maximum absolute atomic E-state index is 12.7. The van der Waals surface area contributed by atoms with E-state index in [9.17, 15) is 13.2 Å². The second-order valence-corrected chi connectivity index (χ2v) is 8.20. The van der Waals surface area contributed by atoms with Crippen LogP contribution in [0.4, 0.5) is 10.5 Å². The van der Waals surface area contributed by atoms with Crippen molar-refractivity contribution in [2.24, 2.45) is 0 Å². The van der Waals surface area contributed by atoms with Crippen LogP contribution in [-0.4, -0.2) is 36.9 Å². The molecule has 0 spiro atoms. The SMILES string of the molecule is O=C(Nc1ccccc1)N(Cc1ccccc1)C1CCS(=O)(=O)C1. The summed E-state index contributed by atoms with van der Waals surface area (Å²) in [7, 11) is -3.06. The van der Waals surface area contributed by atoms with Gasteiger partial charge in [-0.05, 0) is 24.1 Å². The number of rotatable bonds is 4. The Morgan fingerprint density at radius 3 is 2.25 bits per heavy atom. The van der Waals surface area contributed by atoms with E-state index in [4.69, 9.17) is 0 Å². The minimum absolute atomic E-state index is 0.0298. The average molecular weight is 344 g/mol. The first-order chi connectivity index (χ1) is 11.5. The monoisotopic (exact) mass is 344 g/mol. The molecule has 6 heteroatoms. The highest BCUT2D eigenvalue weighted by atomic mass is 32.2. The quantitative estimate of drug-likeness (QED) is 0.927. The topological polar surface area (TPSA) is 66.5 Å². The molecule has 1 aliphatic heterocycles. The molecule has 126 valence electrons. The molecular formula is C18H20N2O3S. The molecule has 3 rings (SSSR count). The van der Waals surface area contributed by atoms with E-state index in [1.165, 1.54) is 0 Å². The number of nitrogens with zero attached hydrogens (tertiary/aromatic N) is 1. The van der Waals surface area contributed by atoms with Crippen LogP contribution in [0.1, 0.15) is 12.0 Å². The Bertz CT molecular complexity index is 792. The van der Waals surface area contributed by atoms with Gasteiger partial charge in [-0.1, -0.05) is 48.5 Å². The Labute approximate surface area is 142 Å². The van der Waals surface area contributed by atoms with Gasteiger partial charge in [0.15, 0.2) is 9.84 Å². The molecule has 2 amide bonds. The Morgan fingerprint density at radius 1 is 1.04 bits per heavy atom. The molecule has 1 saturated heterocycles. The maximum Gasteiger partial charge on any atom is 0.322 e. The van der Waals surface area contributed by atoms with Gasteiger partial charge in [0, 0.05) is 18.3 Å². The van der Waals surface area contributed by atoms with Crippen LogP contribution in [0.3, 0.4) is 0 Å². The molecule has 1 atom stereocenters. The summed E-state index contributed by atoms with van der Waals surface area (Å²) < 4.78 is 23.6. The van der Waals surface area contributed by atoms with Crippen molar-refractivity contribution in [3.63, 3.8) is 0 Å². The molecule has 1 aliphatic rings. The number of hydrogen-bond donors (Lipinski definition) is 1. The van der Waals surface area contributed by atoms with Crippen LogP contribution in [-0.2, 0) is 16.4 Å². The molecule has 0 saturated carbocycles. The summed E-state index contributed by atoms with van der Waals surface area (Å²) in [4.78, 5) is 14.4. The number of hydrogen-bond acceptors (Lipinski definition) is 3. The highest BCUT2D eigenvalue weighted by Gasteiger charge is 2.34. The average Bonchev–Trinajstić information content (AvgIpc) is 2.94. The van der Waals surface area contributed by atoms with E-state index in [1.807, 2.05) is 60.7 Å². The molecular weight excluding hydrogens is 324 g/mol. The van der Waals surface area contributed by atoms with Gasteiger partial charge in [0.1, 0.15) is 0 Å². The van der Waals surface area contributed by atoms with E-state index >= 15 is 0 Å². The minimum Gasteiger partial charge on any atom is -0.316 e. The summed E-state index contributed by atoms with van der Waals surface area (Å²) in [6.45, 7) is 0.389. The third-order valence-corrected chi connectivity index (χ3v) is 5.88. The largest absolute Gasteiger partial charge is 0.322 e. The fraction of sp³-hybridized carbons (Fsp3) is 0.278. The third-order valence-electron chi connectivity index (χ3n) is 4.13. The van der Waals surface area contributed by atoms with Crippen LogP contribution in [0.15, 0.2) is 60.7 Å². The van der Waals surface area contributed by atoms with Crippen LogP contribution in [0.5, 0.6) is 0 Å². The summed E-state index contributed by atoms with van der Waals surface area (Å²) >= 11 is 0. The van der Waals surface area contributed by atoms with Gasteiger partial charge < -0.3 is 10.2 Å². The lowest BCUT2D eigenvalue weighted by Gasteiger charge is -2.28. The fourth-order valence-electron chi connectivity index (χ4n) is 2.88. The van der Waals surface area contributed by atoms with E-state index in [2.05, 4.69) is 5.32 Å². The van der Waals surface area contributed by atoms with Crippen molar-refractivity contribution < 1.29 is 13.2 Å². The molecule has 1 N–H and O–H groups in total. The Balaban J connectivity index is 1.80. The second-order valence-electron chi connectivity index (χ2n) is 5.97. The Morgan fingerprint density at radius 2 is 1.67 bits per heavy atom. The molecule has 2 aromatic carbocycles. The second kappa shape index (κ2) is 7.05. The predicted octanol–water partition coefficient (Wildman–Crippen LogP) is 2.91. The number of anilines is 1. The lowest BCUT2D eigenvalue weighted by molar-refractivity contribution is 0.190. The van der Waals surface area contributed by atoms with Crippen LogP contribution >= 0.6 is 0 Å². The van der Waals surface area contributed by atoms with Gasteiger partial charge in [-0.3, -0.25) is 0 Å². The molecule has 2 aromatic rings. The number of sulfone groups is 1. The molecule has 1 fully saturated rings. The molecule has 0 radical (unpaired) electrons. The van der Waals surface area contributed by atoms with Crippen molar-refractivity contribution in [2.45, 2.75) is 19.0 Å². The van der Waals surface area contributed by atoms with E-state index in [0.29, 0.717) is 18.7 Å². The standard InChI is InChI=1S/C18H20N2O3S/c21-18(19-16-9-5-2-6-10-16)20(13-15-7-3-1-4-8-15)17-11-12-24(22,23)14-17/h1-10,17H,11-14H2,(H,19,21). The van der Waals surface area contributed by atoms with E-state index in [1.54, 1.807) is 4.90 Å². The van der Waals surface area contributed by atoms with Gasteiger partial charge in [0.05, 0.1) is 11.5 Å². The lowest BCUT2D eigenvalue weighted by Crippen LogP contribution is -2.43. The number of para-hydroxylation sites is 1. The number of nitrogens with one attached hydrogen (secondary N) is 1. The zero-order valence-corrected chi connectivity index (χ0v) is 14.1. The van der Waals surface area contributed by atoms with Crippen molar-refractivity contribution in [3.8, 4) is 0 Å². The zero-order valence-electron chi connectivity index (χ0n) is 13.3. The highest BCUT2D eigenvalue weighted by molar-refractivity contribution is 7.91. The Hall–Kier alpha value is -2.34. The van der Waals surface area contributed by atoms with E-state index in [0.717, 1.165) is 5.56 Å². The molecule has 1 heterocycles. The summed E-state index contributed by atoms with van der Waals surface area (Å²) in [5, 5.41) is 2.86. The van der Waals surface area contributed by atoms with Crippen LogP contribution in [0.2, 0.25) is 0 Å². The maximum atomic E-state index is 12.7.